The van der Waals surface area contributed by atoms with Gasteiger partial charge in [-0.15, -0.1) is 0 Å². The van der Waals surface area contributed by atoms with Crippen LogP contribution in [0.5, 0.6) is 0 Å². The zero-order valence-corrected chi connectivity index (χ0v) is 18.2. The number of nitrogens with two attached hydrogens (primary N) is 2. The van der Waals surface area contributed by atoms with E-state index in [4.69, 9.17) is 16.2 Å². The summed E-state index contributed by atoms with van der Waals surface area (Å²) < 4.78 is 84.6. The number of aliphatic hydroxyl groups is 3. The number of nitrogens with zero attached hydrogens (tertiary/aromatic N) is 3. The number of alkyl halides is 6. The number of aliphatic imine (C=N–C) groups is 2. The van der Waals surface area contributed by atoms with E-state index >= 15 is 0 Å². The van der Waals surface area contributed by atoms with Gasteiger partial charge < -0.3 is 41.7 Å². The van der Waals surface area contributed by atoms with E-state index in [0.717, 1.165) is 4.90 Å². The summed E-state index contributed by atoms with van der Waals surface area (Å²) >= 11 is 0. The highest BCUT2D eigenvalue weighted by Gasteiger charge is 2.76. The number of carbonyl (C=O) groups is 1. The first-order valence-corrected chi connectivity index (χ1v) is 10.3. The van der Waals surface area contributed by atoms with Gasteiger partial charge in [0.05, 0.1) is 29.3 Å². The molecule has 3 aliphatic rings. The predicted molar refractivity (Wildman–Crippen MR) is 108 cm³/mol. The number of nitrogens with one attached hydrogen (secondary N) is 1. The summed E-state index contributed by atoms with van der Waals surface area (Å²) in [6.45, 7) is 0.620. The lowest BCUT2D eigenvalue weighted by molar-refractivity contribution is -0.257. The van der Waals surface area contributed by atoms with E-state index in [2.05, 4.69) is 15.3 Å². The van der Waals surface area contributed by atoms with E-state index < -0.39 is 77.3 Å². The van der Waals surface area contributed by atoms with Crippen molar-refractivity contribution < 1.29 is 51.2 Å². The van der Waals surface area contributed by atoms with E-state index in [0.29, 0.717) is 0 Å². The van der Waals surface area contributed by atoms with Gasteiger partial charge in [0.2, 0.25) is 5.79 Å². The zero-order valence-electron chi connectivity index (χ0n) is 18.2. The highest BCUT2D eigenvalue weighted by atomic mass is 19.4. The van der Waals surface area contributed by atoms with Crippen molar-refractivity contribution in [2.75, 3.05) is 6.61 Å². The van der Waals surface area contributed by atoms with Crippen LogP contribution in [0.4, 0.5) is 26.3 Å². The van der Waals surface area contributed by atoms with Crippen molar-refractivity contribution >= 4 is 17.9 Å². The summed E-state index contributed by atoms with van der Waals surface area (Å²) in [6, 6.07) is -3.38. The van der Waals surface area contributed by atoms with Crippen LogP contribution in [-0.4, -0.2) is 80.4 Å². The highest BCUT2D eigenvalue weighted by Crippen LogP contribution is 2.49. The molecular weight excluding hydrogens is 506 g/mol. The van der Waals surface area contributed by atoms with E-state index in [-0.39, 0.29) is 30.1 Å². The van der Waals surface area contributed by atoms with Crippen molar-refractivity contribution in [3.05, 3.63) is 34.9 Å². The van der Waals surface area contributed by atoms with Crippen LogP contribution < -0.4 is 16.8 Å². The molecule has 198 valence electrons. The van der Waals surface area contributed by atoms with E-state index in [1.54, 1.807) is 0 Å². The number of benzene rings is 1. The molecule has 0 aromatic heterocycles. The molecule has 8 N–H and O–H groups in total. The lowest BCUT2D eigenvalue weighted by Crippen LogP contribution is -2.77. The second kappa shape index (κ2) is 7.84. The molecular formula is C19H20F6N6O5. The number of esters is 1. The van der Waals surface area contributed by atoms with Gasteiger partial charge in [0.1, 0.15) is 12.1 Å². The second-order valence-electron chi connectivity index (χ2n) is 8.51. The summed E-state index contributed by atoms with van der Waals surface area (Å²) in [4.78, 5) is 21.9. The van der Waals surface area contributed by atoms with Crippen LogP contribution in [-0.2, 0) is 17.1 Å². The molecule has 3 aliphatic heterocycles. The molecule has 0 amide bonds. The van der Waals surface area contributed by atoms with Gasteiger partial charge in [0, 0.05) is 0 Å². The Balaban J connectivity index is 1.75. The molecule has 17 heteroatoms. The van der Waals surface area contributed by atoms with Crippen LogP contribution in [0.25, 0.3) is 0 Å². The maximum absolute atomic E-state index is 13.5. The highest BCUT2D eigenvalue weighted by molar-refractivity contribution is 5.92. The van der Waals surface area contributed by atoms with Gasteiger partial charge >= 0.3 is 18.3 Å². The molecule has 0 aliphatic carbocycles. The minimum absolute atomic E-state index is 0.249. The van der Waals surface area contributed by atoms with Crippen LogP contribution in [0.1, 0.15) is 28.4 Å². The normalized spacial score (nSPS) is 31.2. The third-order valence-corrected chi connectivity index (χ3v) is 6.41. The van der Waals surface area contributed by atoms with Crippen LogP contribution in [0.2, 0.25) is 0 Å². The second-order valence-corrected chi connectivity index (χ2v) is 8.51. The number of rotatable bonds is 3. The lowest BCUT2D eigenvalue weighted by atomic mass is 9.86. The Morgan fingerprint density at radius 3 is 2.36 bits per heavy atom. The summed E-state index contributed by atoms with van der Waals surface area (Å²) in [5, 5.41) is 34.6. The predicted octanol–water partition coefficient (Wildman–Crippen LogP) is -0.693. The maximum atomic E-state index is 13.5. The smallest absolute Gasteiger partial charge is 0.417 e. The van der Waals surface area contributed by atoms with Gasteiger partial charge in [-0.05, 0) is 25.1 Å². The molecule has 0 radical (unpaired) electrons. The number of carbonyl (C=O) groups excluding carboxylic acids is 1. The lowest BCUT2D eigenvalue weighted by Gasteiger charge is -2.48. The summed E-state index contributed by atoms with van der Waals surface area (Å²) in [7, 11) is 0. The molecule has 1 spiro atoms. The third-order valence-electron chi connectivity index (χ3n) is 6.41. The largest absolute Gasteiger partial charge is 0.451 e. The number of aliphatic hydroxyl groups excluding tert-OH is 1. The summed E-state index contributed by atoms with van der Waals surface area (Å²) in [5.41, 5.74) is 4.65. The Bertz CT molecular complexity index is 1150. The number of ether oxygens (including phenoxy) is 1. The first-order chi connectivity index (χ1) is 16.5. The average Bonchev–Trinajstić information content (AvgIpc) is 3.19. The fourth-order valence-electron chi connectivity index (χ4n) is 4.93. The van der Waals surface area contributed by atoms with Crippen LogP contribution >= 0.6 is 0 Å². The minimum atomic E-state index is -5.38. The van der Waals surface area contributed by atoms with Crippen molar-refractivity contribution in [1.29, 1.82) is 0 Å². The number of hydrogen-bond acceptors (Lipinski definition) is 11. The minimum Gasteiger partial charge on any atom is -0.451 e. The van der Waals surface area contributed by atoms with Gasteiger partial charge in [-0.25, -0.2) is 14.8 Å². The summed E-state index contributed by atoms with van der Waals surface area (Å²) in [6.07, 6.45) is -12.5. The molecule has 1 saturated heterocycles. The van der Waals surface area contributed by atoms with Crippen LogP contribution in [0, 0.1) is 0 Å². The quantitative estimate of drug-likeness (QED) is 0.169. The fraction of sp³-hybridized carbons (Fsp3) is 0.526. The molecule has 1 aromatic carbocycles. The zero-order chi connectivity index (χ0) is 27.0. The van der Waals surface area contributed by atoms with Crippen LogP contribution in [0.3, 0.4) is 0 Å². The number of halogens is 6. The Labute approximate surface area is 198 Å². The van der Waals surface area contributed by atoms with Gasteiger partial charge in [-0.2, -0.15) is 26.3 Å². The average molecular weight is 526 g/mol. The van der Waals surface area contributed by atoms with Gasteiger partial charge in [-0.1, -0.05) is 0 Å². The molecule has 0 bridgehead atoms. The molecule has 1 aromatic rings. The molecule has 36 heavy (non-hydrogen) atoms. The van der Waals surface area contributed by atoms with Gasteiger partial charge in [-0.3, -0.25) is 0 Å². The maximum Gasteiger partial charge on any atom is 0.417 e. The van der Waals surface area contributed by atoms with Crippen molar-refractivity contribution in [2.24, 2.45) is 21.5 Å². The molecule has 1 fully saturated rings. The Morgan fingerprint density at radius 1 is 1.17 bits per heavy atom. The molecule has 3 heterocycles. The molecule has 5 atom stereocenters. The number of hydrogen-bond donors (Lipinski definition) is 6. The van der Waals surface area contributed by atoms with Crippen LogP contribution in [0.15, 0.2) is 28.2 Å². The standard InChI is InChI=1S/C19H20F6N6O5/c1-6-12(36-13(33)8-3-2-7(18(20,21)22)4-9(8)19(23,24)25)17(34,35)16-11(29-14(26)30-16)10(5-32)28-15(27)31(6)16/h2-4,6,10-12,32,34-35H,5H2,1H3,(H2,27,28)(H3,26,29,30)/t6-,10-,11?,12-,16-/m0/s1. The summed E-state index contributed by atoms with van der Waals surface area (Å²) in [5.74, 6) is -5.60. The van der Waals surface area contributed by atoms with Crippen molar-refractivity contribution in [2.45, 2.75) is 55.0 Å². The van der Waals surface area contributed by atoms with Crippen molar-refractivity contribution in [1.82, 2.24) is 10.2 Å². The van der Waals surface area contributed by atoms with E-state index in [9.17, 15) is 46.5 Å². The molecule has 1 unspecified atom stereocenters. The fourth-order valence-corrected chi connectivity index (χ4v) is 4.93. The van der Waals surface area contributed by atoms with Gasteiger partial charge in [0.15, 0.2) is 23.7 Å². The SMILES string of the molecule is C[C@H]1[C@H](OC(=O)c2ccc(C(F)(F)F)cc2C(F)(F)F)C(O)(O)[C@]23NC(N)=NC2[C@H](CO)N=C(N)N13. The van der Waals surface area contributed by atoms with Crippen molar-refractivity contribution in [3.8, 4) is 0 Å². The number of guanidine groups is 2. The molecule has 11 nitrogen and oxygen atoms in total. The van der Waals surface area contributed by atoms with E-state index in [1.165, 1.54) is 6.92 Å². The molecule has 0 saturated carbocycles. The van der Waals surface area contributed by atoms with Gasteiger partial charge in [0.25, 0.3) is 0 Å². The monoisotopic (exact) mass is 526 g/mol. The van der Waals surface area contributed by atoms with E-state index in [1.807, 2.05) is 0 Å². The first kappa shape index (κ1) is 25.8. The van der Waals surface area contributed by atoms with Crippen molar-refractivity contribution in [3.63, 3.8) is 0 Å². The Kier molecular flexibility index (Phi) is 5.62. The Morgan fingerprint density at radius 2 is 1.81 bits per heavy atom. The Hall–Kier alpha value is -3.31. The first-order valence-electron chi connectivity index (χ1n) is 10.3. The topological polar surface area (TPSA) is 179 Å². The third kappa shape index (κ3) is 3.52. The molecule has 4 rings (SSSR count).